The molecule has 0 unspecified atom stereocenters. The minimum absolute atomic E-state index is 0.176. The van der Waals surface area contributed by atoms with Crippen LogP contribution in [0, 0.1) is 0 Å². The topological polar surface area (TPSA) is 79.7 Å². The van der Waals surface area contributed by atoms with Crippen LogP contribution in [0.5, 0.6) is 5.75 Å². The van der Waals surface area contributed by atoms with E-state index in [1.807, 2.05) is 27.7 Å². The molecule has 0 spiro atoms. The van der Waals surface area contributed by atoms with Gasteiger partial charge in [-0.05, 0) is 45.9 Å². The van der Waals surface area contributed by atoms with Crippen LogP contribution >= 0.6 is 0 Å². The third kappa shape index (κ3) is 3.13. The maximum Gasteiger partial charge on any atom is 0.497 e. The number of aromatic nitrogens is 2. The monoisotopic (exact) mass is 414 g/mol. The highest BCUT2D eigenvalue weighted by Crippen LogP contribution is 2.37. The number of rotatable bonds is 4. The smallest absolute Gasteiger partial charge is 0.495 e. The van der Waals surface area contributed by atoms with E-state index >= 15 is 0 Å². The summed E-state index contributed by atoms with van der Waals surface area (Å²) in [5, 5.41) is 0.599. The standard InChI is InChI=1S/C20H23BN2O5S/c1-19(2)20(3,4)28-21(27-19)17-13-23(18-16(17)11-14(26-5)12-22-18)29(24,25)15-9-7-6-8-10-15/h6-13H,1-5H3. The first kappa shape index (κ1) is 19.9. The Morgan fingerprint density at radius 1 is 1.07 bits per heavy atom. The maximum absolute atomic E-state index is 13.3. The van der Waals surface area contributed by atoms with Crippen LogP contribution in [0.4, 0.5) is 0 Å². The number of hydrogen-bond donors (Lipinski definition) is 0. The molecule has 0 bridgehead atoms. The lowest BCUT2D eigenvalue weighted by atomic mass is 9.79. The molecule has 0 amide bonds. The summed E-state index contributed by atoms with van der Waals surface area (Å²) < 4.78 is 45.4. The molecule has 0 radical (unpaired) electrons. The van der Waals surface area contributed by atoms with Crippen molar-refractivity contribution in [1.82, 2.24) is 8.96 Å². The van der Waals surface area contributed by atoms with Crippen LogP contribution in [0.3, 0.4) is 0 Å². The Hall–Kier alpha value is -2.36. The summed E-state index contributed by atoms with van der Waals surface area (Å²) in [5.41, 5.74) is -0.239. The van der Waals surface area contributed by atoms with E-state index in [2.05, 4.69) is 4.98 Å². The van der Waals surface area contributed by atoms with Crippen LogP contribution in [0.15, 0.2) is 53.7 Å². The molecule has 3 heterocycles. The summed E-state index contributed by atoms with van der Waals surface area (Å²) in [6.45, 7) is 7.80. The molecule has 1 fully saturated rings. The zero-order valence-electron chi connectivity index (χ0n) is 17.0. The molecule has 1 saturated heterocycles. The van der Waals surface area contributed by atoms with Gasteiger partial charge in [-0.25, -0.2) is 17.4 Å². The number of fused-ring (bicyclic) bond motifs is 1. The second-order valence-corrected chi connectivity index (χ2v) is 9.85. The lowest BCUT2D eigenvalue weighted by Gasteiger charge is -2.32. The average molecular weight is 414 g/mol. The SMILES string of the molecule is COc1cnc2c(c1)c(B1OC(C)(C)C(C)(C)O1)cn2S(=O)(=O)c1ccccc1. The van der Waals surface area contributed by atoms with Gasteiger partial charge in [-0.2, -0.15) is 0 Å². The van der Waals surface area contributed by atoms with E-state index < -0.39 is 28.3 Å². The predicted molar refractivity (Wildman–Crippen MR) is 111 cm³/mol. The van der Waals surface area contributed by atoms with Gasteiger partial charge >= 0.3 is 7.12 Å². The first-order chi connectivity index (χ1) is 13.6. The Balaban J connectivity index is 1.93. The summed E-state index contributed by atoms with van der Waals surface area (Å²) >= 11 is 0. The summed E-state index contributed by atoms with van der Waals surface area (Å²) in [5.74, 6) is 0.519. The Morgan fingerprint density at radius 3 is 2.28 bits per heavy atom. The average Bonchev–Trinajstić information content (AvgIpc) is 3.16. The van der Waals surface area contributed by atoms with Gasteiger partial charge in [0.1, 0.15) is 5.75 Å². The van der Waals surface area contributed by atoms with Gasteiger partial charge in [0.05, 0.1) is 29.4 Å². The van der Waals surface area contributed by atoms with Crippen molar-refractivity contribution in [2.24, 2.45) is 0 Å². The zero-order chi connectivity index (χ0) is 21.0. The lowest BCUT2D eigenvalue weighted by Crippen LogP contribution is -2.41. The summed E-state index contributed by atoms with van der Waals surface area (Å²) in [6, 6.07) is 10.00. The van der Waals surface area contributed by atoms with Crippen molar-refractivity contribution in [3.63, 3.8) is 0 Å². The number of pyridine rings is 1. The van der Waals surface area contributed by atoms with Crippen LogP contribution in [0.2, 0.25) is 0 Å². The van der Waals surface area contributed by atoms with Gasteiger partial charge in [-0.1, -0.05) is 18.2 Å². The summed E-state index contributed by atoms with van der Waals surface area (Å²) in [4.78, 5) is 4.53. The fourth-order valence-corrected chi connectivity index (χ4v) is 4.60. The van der Waals surface area contributed by atoms with Crippen LogP contribution in [-0.4, -0.2) is 42.8 Å². The van der Waals surface area contributed by atoms with Gasteiger partial charge in [-0.3, -0.25) is 0 Å². The summed E-state index contributed by atoms with van der Waals surface area (Å²) in [6.07, 6.45) is 3.02. The van der Waals surface area contributed by atoms with Gasteiger partial charge < -0.3 is 14.0 Å². The quantitative estimate of drug-likeness (QED) is 0.611. The molecule has 1 aliphatic heterocycles. The van der Waals surface area contributed by atoms with Crippen LogP contribution in [0.1, 0.15) is 27.7 Å². The van der Waals surface area contributed by atoms with E-state index in [0.29, 0.717) is 22.2 Å². The van der Waals surface area contributed by atoms with E-state index in [-0.39, 0.29) is 4.90 Å². The van der Waals surface area contributed by atoms with E-state index in [1.54, 1.807) is 36.4 Å². The number of methoxy groups -OCH3 is 1. The van der Waals surface area contributed by atoms with Crippen molar-refractivity contribution in [3.05, 3.63) is 48.8 Å². The van der Waals surface area contributed by atoms with Gasteiger partial charge in [0.25, 0.3) is 10.0 Å². The van der Waals surface area contributed by atoms with Crippen molar-refractivity contribution in [3.8, 4) is 5.75 Å². The fraction of sp³-hybridized carbons (Fsp3) is 0.350. The summed E-state index contributed by atoms with van der Waals surface area (Å²) in [7, 11) is -3.05. The van der Waals surface area contributed by atoms with Crippen molar-refractivity contribution in [2.75, 3.05) is 7.11 Å². The van der Waals surface area contributed by atoms with Crippen molar-refractivity contribution < 1.29 is 22.5 Å². The zero-order valence-corrected chi connectivity index (χ0v) is 17.9. The molecule has 152 valence electrons. The van der Waals surface area contributed by atoms with Crippen molar-refractivity contribution in [2.45, 2.75) is 43.8 Å². The molecule has 4 rings (SSSR count). The molecule has 29 heavy (non-hydrogen) atoms. The van der Waals surface area contributed by atoms with Crippen LogP contribution in [0.25, 0.3) is 11.0 Å². The minimum Gasteiger partial charge on any atom is -0.495 e. The largest absolute Gasteiger partial charge is 0.497 e. The van der Waals surface area contributed by atoms with E-state index in [4.69, 9.17) is 14.0 Å². The molecule has 0 aliphatic carbocycles. The third-order valence-electron chi connectivity index (χ3n) is 5.66. The Kier molecular flexibility index (Phi) is 4.53. The van der Waals surface area contributed by atoms with Gasteiger partial charge in [0.2, 0.25) is 0 Å². The molecule has 9 heteroatoms. The second kappa shape index (κ2) is 6.58. The molecular weight excluding hydrogens is 391 g/mol. The van der Waals surface area contributed by atoms with Gasteiger partial charge in [0.15, 0.2) is 5.65 Å². The maximum atomic E-state index is 13.3. The molecule has 1 aromatic carbocycles. The predicted octanol–water partition coefficient (Wildman–Crippen LogP) is 2.58. The normalized spacial score (nSPS) is 18.3. The second-order valence-electron chi connectivity index (χ2n) is 8.03. The Morgan fingerprint density at radius 2 is 1.69 bits per heavy atom. The molecule has 0 N–H and O–H groups in total. The molecule has 1 aliphatic rings. The van der Waals surface area contributed by atoms with E-state index in [1.165, 1.54) is 23.5 Å². The first-order valence-electron chi connectivity index (χ1n) is 9.28. The molecule has 3 aromatic rings. The Bertz CT molecular complexity index is 1160. The van der Waals surface area contributed by atoms with E-state index in [9.17, 15) is 8.42 Å². The highest BCUT2D eigenvalue weighted by atomic mass is 32.2. The number of hydrogen-bond acceptors (Lipinski definition) is 6. The molecular formula is C20H23BN2O5S. The molecule has 2 aromatic heterocycles. The van der Waals surface area contributed by atoms with Crippen LogP contribution < -0.4 is 10.2 Å². The number of benzene rings is 1. The first-order valence-corrected chi connectivity index (χ1v) is 10.7. The Labute approximate surface area is 170 Å². The molecule has 0 saturated carbocycles. The fourth-order valence-electron chi connectivity index (χ4n) is 3.24. The van der Waals surface area contributed by atoms with Gasteiger partial charge in [0, 0.05) is 17.0 Å². The molecule has 0 atom stereocenters. The third-order valence-corrected chi connectivity index (χ3v) is 7.32. The highest BCUT2D eigenvalue weighted by Gasteiger charge is 2.52. The highest BCUT2D eigenvalue weighted by molar-refractivity contribution is 7.90. The number of ether oxygens (including phenoxy) is 1. The van der Waals surface area contributed by atoms with Crippen LogP contribution in [-0.2, 0) is 19.3 Å². The van der Waals surface area contributed by atoms with Gasteiger partial charge in [-0.15, -0.1) is 0 Å². The molecule has 7 nitrogen and oxygen atoms in total. The minimum atomic E-state index is -3.85. The van der Waals surface area contributed by atoms with Crippen molar-refractivity contribution in [1.29, 1.82) is 0 Å². The lowest BCUT2D eigenvalue weighted by molar-refractivity contribution is 0.00578. The number of nitrogens with zero attached hydrogens (tertiary/aromatic N) is 2. The van der Waals surface area contributed by atoms with Crippen molar-refractivity contribution >= 4 is 33.6 Å². The van der Waals surface area contributed by atoms with E-state index in [0.717, 1.165) is 0 Å².